The molecule has 110 valence electrons. The van der Waals surface area contributed by atoms with E-state index < -0.39 is 0 Å². The second-order valence-corrected chi connectivity index (χ2v) is 5.64. The van der Waals surface area contributed by atoms with Gasteiger partial charge in [-0.2, -0.15) is 0 Å². The van der Waals surface area contributed by atoms with Crippen molar-refractivity contribution in [2.75, 3.05) is 32.7 Å². The summed E-state index contributed by atoms with van der Waals surface area (Å²) in [7, 11) is 0. The highest BCUT2D eigenvalue weighted by atomic mass is 16.2. The summed E-state index contributed by atoms with van der Waals surface area (Å²) < 4.78 is 0. The van der Waals surface area contributed by atoms with Crippen molar-refractivity contribution < 1.29 is 9.59 Å². The molecular weight excluding hydrogens is 242 g/mol. The molecule has 5 nitrogen and oxygen atoms in total. The van der Waals surface area contributed by atoms with Crippen LogP contribution in [0.3, 0.4) is 0 Å². The van der Waals surface area contributed by atoms with Crippen molar-refractivity contribution in [1.29, 1.82) is 0 Å². The highest BCUT2D eigenvalue weighted by molar-refractivity contribution is 5.80. The third kappa shape index (κ3) is 4.49. The second-order valence-electron chi connectivity index (χ2n) is 5.64. The molecule has 0 spiro atoms. The summed E-state index contributed by atoms with van der Waals surface area (Å²) in [5.41, 5.74) is 5.61. The van der Waals surface area contributed by atoms with E-state index >= 15 is 0 Å². The molecule has 0 aliphatic carbocycles. The van der Waals surface area contributed by atoms with Gasteiger partial charge in [-0.1, -0.05) is 20.8 Å². The maximum Gasteiger partial charge on any atom is 0.227 e. The molecule has 2 N–H and O–H groups in total. The van der Waals surface area contributed by atoms with Gasteiger partial charge in [0.25, 0.3) is 0 Å². The number of amides is 2. The number of hydrogen-bond acceptors (Lipinski definition) is 3. The predicted octanol–water partition coefficient (Wildman–Crippen LogP) is 0.688. The Morgan fingerprint density at radius 3 is 2.05 bits per heavy atom. The highest BCUT2D eigenvalue weighted by Gasteiger charge is 2.27. The smallest absolute Gasteiger partial charge is 0.227 e. The minimum atomic E-state index is -0.0714. The standard InChI is InChI=1S/C14H27N3O2/c1-4-12(10-15)14(19)17-7-5-16(6-8-17)13(18)9-11(2)3/h11-12H,4-10,15H2,1-3H3. The third-order valence-electron chi connectivity index (χ3n) is 3.65. The van der Waals surface area contributed by atoms with Crippen molar-refractivity contribution in [3.05, 3.63) is 0 Å². The van der Waals surface area contributed by atoms with Crippen molar-refractivity contribution in [1.82, 2.24) is 9.80 Å². The molecule has 2 amide bonds. The number of carbonyl (C=O) groups is 2. The molecule has 5 heteroatoms. The van der Waals surface area contributed by atoms with Gasteiger partial charge in [-0.05, 0) is 12.3 Å². The maximum absolute atomic E-state index is 12.2. The van der Waals surface area contributed by atoms with Crippen LogP contribution in [0.2, 0.25) is 0 Å². The third-order valence-corrected chi connectivity index (χ3v) is 3.65. The molecular formula is C14H27N3O2. The number of rotatable bonds is 5. The van der Waals surface area contributed by atoms with Gasteiger partial charge in [0.1, 0.15) is 0 Å². The van der Waals surface area contributed by atoms with Crippen molar-refractivity contribution in [3.8, 4) is 0 Å². The van der Waals surface area contributed by atoms with Crippen molar-refractivity contribution in [2.45, 2.75) is 33.6 Å². The van der Waals surface area contributed by atoms with Crippen LogP contribution in [-0.2, 0) is 9.59 Å². The molecule has 19 heavy (non-hydrogen) atoms. The van der Waals surface area contributed by atoms with Gasteiger partial charge in [0.2, 0.25) is 11.8 Å². The Hall–Kier alpha value is -1.10. The van der Waals surface area contributed by atoms with Crippen LogP contribution in [0, 0.1) is 11.8 Å². The average Bonchev–Trinajstić information content (AvgIpc) is 2.39. The summed E-state index contributed by atoms with van der Waals surface area (Å²) in [5, 5.41) is 0. The van der Waals surface area contributed by atoms with E-state index in [1.165, 1.54) is 0 Å². The molecule has 0 saturated carbocycles. The van der Waals surface area contributed by atoms with Gasteiger partial charge in [0, 0.05) is 39.1 Å². The largest absolute Gasteiger partial charge is 0.339 e. The lowest BCUT2D eigenvalue weighted by Gasteiger charge is -2.36. The molecule has 1 rings (SSSR count). The Morgan fingerprint density at radius 2 is 1.63 bits per heavy atom. The van der Waals surface area contributed by atoms with Gasteiger partial charge >= 0.3 is 0 Å². The first-order chi connectivity index (χ1) is 8.99. The maximum atomic E-state index is 12.2. The highest BCUT2D eigenvalue weighted by Crippen LogP contribution is 2.12. The van der Waals surface area contributed by atoms with Crippen LogP contribution in [0.4, 0.5) is 0 Å². The van der Waals surface area contributed by atoms with Crippen LogP contribution in [0.25, 0.3) is 0 Å². The Morgan fingerprint density at radius 1 is 1.11 bits per heavy atom. The number of nitrogens with zero attached hydrogens (tertiary/aromatic N) is 2. The predicted molar refractivity (Wildman–Crippen MR) is 75.5 cm³/mol. The van der Waals surface area contributed by atoms with E-state index in [1.807, 2.05) is 30.6 Å². The van der Waals surface area contributed by atoms with Crippen LogP contribution in [0.15, 0.2) is 0 Å². The van der Waals surface area contributed by atoms with E-state index in [2.05, 4.69) is 0 Å². The monoisotopic (exact) mass is 269 g/mol. The topological polar surface area (TPSA) is 66.6 Å². The Balaban J connectivity index is 2.44. The van der Waals surface area contributed by atoms with Gasteiger partial charge < -0.3 is 15.5 Å². The fourth-order valence-corrected chi connectivity index (χ4v) is 2.35. The minimum absolute atomic E-state index is 0.0714. The molecule has 1 aliphatic rings. The summed E-state index contributed by atoms with van der Waals surface area (Å²) in [6, 6.07) is 0. The summed E-state index contributed by atoms with van der Waals surface area (Å²) >= 11 is 0. The fraction of sp³-hybridized carbons (Fsp3) is 0.857. The summed E-state index contributed by atoms with van der Waals surface area (Å²) in [6.45, 7) is 9.06. The van der Waals surface area contributed by atoms with Crippen LogP contribution >= 0.6 is 0 Å². The lowest BCUT2D eigenvalue weighted by molar-refractivity contribution is -0.142. The number of hydrogen-bond donors (Lipinski definition) is 1. The van der Waals surface area contributed by atoms with Gasteiger partial charge in [-0.25, -0.2) is 0 Å². The van der Waals surface area contributed by atoms with Gasteiger partial charge in [0.15, 0.2) is 0 Å². The van der Waals surface area contributed by atoms with E-state index in [4.69, 9.17) is 5.73 Å². The average molecular weight is 269 g/mol. The fourth-order valence-electron chi connectivity index (χ4n) is 2.35. The molecule has 0 aromatic rings. The molecule has 0 radical (unpaired) electrons. The molecule has 1 atom stereocenters. The van der Waals surface area contributed by atoms with E-state index in [0.717, 1.165) is 6.42 Å². The van der Waals surface area contributed by atoms with E-state index in [9.17, 15) is 9.59 Å². The van der Waals surface area contributed by atoms with Crippen molar-refractivity contribution >= 4 is 11.8 Å². The Bertz CT molecular complexity index is 306. The Labute approximate surface area is 116 Å². The zero-order valence-electron chi connectivity index (χ0n) is 12.4. The zero-order valence-corrected chi connectivity index (χ0v) is 12.4. The quantitative estimate of drug-likeness (QED) is 0.798. The minimum Gasteiger partial charge on any atom is -0.339 e. The molecule has 0 aromatic heterocycles. The summed E-state index contributed by atoms with van der Waals surface area (Å²) in [6.07, 6.45) is 1.37. The zero-order chi connectivity index (χ0) is 14.4. The number of piperazine rings is 1. The van der Waals surface area contributed by atoms with Gasteiger partial charge in [-0.3, -0.25) is 9.59 Å². The second kappa shape index (κ2) is 7.48. The summed E-state index contributed by atoms with van der Waals surface area (Å²) in [5.74, 6) is 0.653. The van der Waals surface area contributed by atoms with E-state index in [-0.39, 0.29) is 17.7 Å². The van der Waals surface area contributed by atoms with E-state index in [0.29, 0.717) is 45.1 Å². The lowest BCUT2D eigenvalue weighted by Crippen LogP contribution is -2.52. The molecule has 1 fully saturated rings. The molecule has 1 heterocycles. The lowest BCUT2D eigenvalue weighted by atomic mass is 10.0. The van der Waals surface area contributed by atoms with Gasteiger partial charge in [-0.15, -0.1) is 0 Å². The van der Waals surface area contributed by atoms with Crippen molar-refractivity contribution in [3.63, 3.8) is 0 Å². The number of carbonyl (C=O) groups excluding carboxylic acids is 2. The van der Waals surface area contributed by atoms with Crippen LogP contribution in [0.1, 0.15) is 33.6 Å². The molecule has 0 bridgehead atoms. The molecule has 0 aromatic carbocycles. The van der Waals surface area contributed by atoms with Crippen LogP contribution < -0.4 is 5.73 Å². The molecule has 1 aliphatic heterocycles. The first kappa shape index (κ1) is 16.0. The van der Waals surface area contributed by atoms with Crippen LogP contribution in [0.5, 0.6) is 0 Å². The normalized spacial score (nSPS) is 17.7. The SMILES string of the molecule is CCC(CN)C(=O)N1CCN(C(=O)CC(C)C)CC1. The van der Waals surface area contributed by atoms with Crippen LogP contribution in [-0.4, -0.2) is 54.3 Å². The first-order valence-corrected chi connectivity index (χ1v) is 7.26. The van der Waals surface area contributed by atoms with Gasteiger partial charge in [0.05, 0.1) is 5.92 Å². The van der Waals surface area contributed by atoms with Crippen molar-refractivity contribution in [2.24, 2.45) is 17.6 Å². The summed E-state index contributed by atoms with van der Waals surface area (Å²) in [4.78, 5) is 27.8. The van der Waals surface area contributed by atoms with E-state index in [1.54, 1.807) is 0 Å². The number of nitrogens with two attached hydrogens (primary N) is 1. The first-order valence-electron chi connectivity index (χ1n) is 7.26. The Kier molecular flexibility index (Phi) is 6.28. The molecule has 1 saturated heterocycles. The molecule has 1 unspecified atom stereocenters.